The third-order valence-electron chi connectivity index (χ3n) is 5.13. The lowest BCUT2D eigenvalue weighted by Crippen LogP contribution is -2.37. The lowest BCUT2D eigenvalue weighted by Gasteiger charge is -2.26. The van der Waals surface area contributed by atoms with E-state index in [-0.39, 0.29) is 0 Å². The minimum absolute atomic E-state index is 0.387. The van der Waals surface area contributed by atoms with E-state index in [2.05, 4.69) is 20.9 Å². The van der Waals surface area contributed by atoms with Crippen LogP contribution in [0, 0.1) is 11.3 Å². The van der Waals surface area contributed by atoms with Crippen LogP contribution in [0.2, 0.25) is 10.0 Å². The van der Waals surface area contributed by atoms with Crippen molar-refractivity contribution < 1.29 is 9.47 Å². The summed E-state index contributed by atoms with van der Waals surface area (Å²) >= 11 is 12.2. The van der Waals surface area contributed by atoms with E-state index in [4.69, 9.17) is 32.7 Å². The molecule has 1 fully saturated rings. The smallest absolute Gasteiger partial charge is 0.146 e. The van der Waals surface area contributed by atoms with Crippen molar-refractivity contribution in [2.45, 2.75) is 12.8 Å². The van der Waals surface area contributed by atoms with E-state index in [1.807, 2.05) is 18.3 Å². The third kappa shape index (κ3) is 5.78. The molecule has 0 aliphatic carbocycles. The first-order chi connectivity index (χ1) is 15.1. The highest BCUT2D eigenvalue weighted by molar-refractivity contribution is 6.35. The molecule has 6 nitrogen and oxygen atoms in total. The number of aromatic nitrogens is 2. The highest BCUT2D eigenvalue weighted by Gasteiger charge is 2.13. The summed E-state index contributed by atoms with van der Waals surface area (Å²) in [6.07, 6.45) is 3.42. The summed E-state index contributed by atoms with van der Waals surface area (Å²) in [5, 5.41) is 10.4. The number of halogens is 2. The van der Waals surface area contributed by atoms with Gasteiger partial charge in [0.1, 0.15) is 23.4 Å². The number of rotatable bonds is 7. The van der Waals surface area contributed by atoms with Crippen LogP contribution >= 0.6 is 23.2 Å². The Morgan fingerprint density at radius 1 is 1.13 bits per heavy atom. The molecule has 31 heavy (non-hydrogen) atoms. The summed E-state index contributed by atoms with van der Waals surface area (Å²) in [5.74, 6) is 1.77. The molecule has 0 amide bonds. The number of hydrogen-bond acceptors (Lipinski definition) is 5. The molecule has 0 saturated carbocycles. The molecule has 4 rings (SSSR count). The van der Waals surface area contributed by atoms with Gasteiger partial charge in [-0.25, -0.2) is 4.98 Å². The fraction of sp³-hybridized carbons (Fsp3) is 0.304. The first-order valence-electron chi connectivity index (χ1n) is 10.1. The van der Waals surface area contributed by atoms with Gasteiger partial charge in [0.15, 0.2) is 0 Å². The van der Waals surface area contributed by atoms with Gasteiger partial charge in [0.05, 0.1) is 23.8 Å². The Bertz CT molecular complexity index is 1090. The predicted octanol–water partition coefficient (Wildman–Crippen LogP) is 4.85. The molecule has 2 aromatic carbocycles. The molecule has 0 bridgehead atoms. The van der Waals surface area contributed by atoms with E-state index in [9.17, 15) is 5.26 Å². The minimum Gasteiger partial charge on any atom is -0.454 e. The molecule has 0 atom stereocenters. The van der Waals surface area contributed by atoms with E-state index in [1.54, 1.807) is 24.3 Å². The van der Waals surface area contributed by atoms with Crippen molar-refractivity contribution in [3.8, 4) is 17.6 Å². The van der Waals surface area contributed by atoms with E-state index < -0.39 is 0 Å². The lowest BCUT2D eigenvalue weighted by atomic mass is 10.1. The molecule has 8 heteroatoms. The standard InChI is InChI=1S/C23H22Cl2N4O2/c24-18-3-4-21(20(25)13-18)31-22-11-16(1-2-17(22)14-26)12-23-27-15-19(28-23)5-6-29-7-9-30-10-8-29/h1-4,11,13,15H,5-10,12H2,(H,27,28). The quantitative estimate of drug-likeness (QED) is 0.549. The van der Waals surface area contributed by atoms with Crippen molar-refractivity contribution in [2.24, 2.45) is 0 Å². The fourth-order valence-electron chi connectivity index (χ4n) is 3.45. The van der Waals surface area contributed by atoms with E-state index in [0.717, 1.165) is 56.4 Å². The fourth-order valence-corrected chi connectivity index (χ4v) is 3.90. The number of aromatic amines is 1. The van der Waals surface area contributed by atoms with Crippen LogP contribution in [0.5, 0.6) is 11.5 Å². The van der Waals surface area contributed by atoms with Crippen molar-refractivity contribution in [2.75, 3.05) is 32.8 Å². The average molecular weight is 457 g/mol. The van der Waals surface area contributed by atoms with Crippen LogP contribution < -0.4 is 4.74 Å². The number of nitriles is 1. The molecule has 1 saturated heterocycles. The number of benzene rings is 2. The van der Waals surface area contributed by atoms with Crippen LogP contribution in [0.4, 0.5) is 0 Å². The highest BCUT2D eigenvalue weighted by Crippen LogP contribution is 2.33. The zero-order valence-electron chi connectivity index (χ0n) is 16.9. The maximum atomic E-state index is 9.45. The summed E-state index contributed by atoms with van der Waals surface area (Å²) < 4.78 is 11.3. The van der Waals surface area contributed by atoms with Gasteiger partial charge in [-0.05, 0) is 35.9 Å². The number of nitrogens with one attached hydrogen (secondary N) is 1. The molecule has 1 N–H and O–H groups in total. The van der Waals surface area contributed by atoms with E-state index in [1.165, 1.54) is 0 Å². The molecule has 0 radical (unpaired) electrons. The third-order valence-corrected chi connectivity index (χ3v) is 5.66. The van der Waals surface area contributed by atoms with Crippen molar-refractivity contribution in [3.63, 3.8) is 0 Å². The van der Waals surface area contributed by atoms with Gasteiger partial charge < -0.3 is 14.5 Å². The topological polar surface area (TPSA) is 74.2 Å². The molecule has 3 aromatic rings. The van der Waals surface area contributed by atoms with Crippen LogP contribution in [0.15, 0.2) is 42.6 Å². The summed E-state index contributed by atoms with van der Waals surface area (Å²) in [7, 11) is 0. The van der Waals surface area contributed by atoms with Gasteiger partial charge in [0.25, 0.3) is 0 Å². The number of imidazole rings is 1. The van der Waals surface area contributed by atoms with Gasteiger partial charge in [0, 0.05) is 49.4 Å². The molecule has 2 heterocycles. The minimum atomic E-state index is 0.387. The van der Waals surface area contributed by atoms with Crippen molar-refractivity contribution >= 4 is 23.2 Å². The van der Waals surface area contributed by atoms with Gasteiger partial charge in [0.2, 0.25) is 0 Å². The van der Waals surface area contributed by atoms with Crippen molar-refractivity contribution in [1.29, 1.82) is 5.26 Å². The van der Waals surface area contributed by atoms with Crippen LogP contribution in [0.25, 0.3) is 0 Å². The number of ether oxygens (including phenoxy) is 2. The highest BCUT2D eigenvalue weighted by atomic mass is 35.5. The average Bonchev–Trinajstić information content (AvgIpc) is 3.22. The Balaban J connectivity index is 1.43. The van der Waals surface area contributed by atoms with Gasteiger partial charge >= 0.3 is 0 Å². The molecule has 1 aliphatic rings. The van der Waals surface area contributed by atoms with Crippen LogP contribution in [0.3, 0.4) is 0 Å². The van der Waals surface area contributed by atoms with Crippen molar-refractivity contribution in [1.82, 2.24) is 14.9 Å². The number of H-pyrrole nitrogens is 1. The SMILES string of the molecule is N#Cc1ccc(Cc2ncc(CCN3CCOCC3)[nH]2)cc1Oc1ccc(Cl)cc1Cl. The Labute approximate surface area is 191 Å². The Kier molecular flexibility index (Phi) is 7.10. The second kappa shape index (κ2) is 10.2. The zero-order valence-corrected chi connectivity index (χ0v) is 18.4. The monoisotopic (exact) mass is 456 g/mol. The molecule has 1 aromatic heterocycles. The molecular formula is C23H22Cl2N4O2. The normalized spacial score (nSPS) is 14.4. The lowest BCUT2D eigenvalue weighted by molar-refractivity contribution is 0.0383. The molecule has 0 unspecified atom stereocenters. The van der Waals surface area contributed by atoms with Gasteiger partial charge in [-0.3, -0.25) is 4.90 Å². The predicted molar refractivity (Wildman–Crippen MR) is 120 cm³/mol. The first kappa shape index (κ1) is 21.7. The largest absolute Gasteiger partial charge is 0.454 e. The van der Waals surface area contributed by atoms with Crippen LogP contribution in [0.1, 0.15) is 22.6 Å². The second-order valence-corrected chi connectivity index (χ2v) is 8.20. The van der Waals surface area contributed by atoms with Crippen LogP contribution in [-0.4, -0.2) is 47.7 Å². The van der Waals surface area contributed by atoms with E-state index in [0.29, 0.717) is 33.5 Å². The molecular weight excluding hydrogens is 435 g/mol. The number of hydrogen-bond donors (Lipinski definition) is 1. The molecule has 160 valence electrons. The maximum absolute atomic E-state index is 9.45. The Morgan fingerprint density at radius 2 is 1.97 bits per heavy atom. The summed E-state index contributed by atoms with van der Waals surface area (Å²) in [5.41, 5.74) is 2.52. The van der Waals surface area contributed by atoms with Gasteiger partial charge in [-0.1, -0.05) is 29.3 Å². The van der Waals surface area contributed by atoms with Crippen LogP contribution in [-0.2, 0) is 17.6 Å². The Hall–Kier alpha value is -2.56. The zero-order chi connectivity index (χ0) is 21.6. The molecule has 0 spiro atoms. The maximum Gasteiger partial charge on any atom is 0.146 e. The van der Waals surface area contributed by atoms with Gasteiger partial charge in [-0.15, -0.1) is 0 Å². The second-order valence-electron chi connectivity index (χ2n) is 7.36. The summed E-state index contributed by atoms with van der Waals surface area (Å²) in [6.45, 7) is 4.55. The van der Waals surface area contributed by atoms with Crippen molar-refractivity contribution in [3.05, 3.63) is 75.3 Å². The van der Waals surface area contributed by atoms with Gasteiger partial charge in [-0.2, -0.15) is 5.26 Å². The first-order valence-corrected chi connectivity index (χ1v) is 10.8. The summed E-state index contributed by atoms with van der Waals surface area (Å²) in [4.78, 5) is 10.3. The Morgan fingerprint density at radius 3 is 2.74 bits per heavy atom. The summed E-state index contributed by atoms with van der Waals surface area (Å²) in [6, 6.07) is 12.6. The number of morpholine rings is 1. The van der Waals surface area contributed by atoms with E-state index >= 15 is 0 Å². The number of nitrogens with zero attached hydrogens (tertiary/aromatic N) is 3. The molecule has 1 aliphatic heterocycles.